The van der Waals surface area contributed by atoms with Crippen LogP contribution < -0.4 is 4.90 Å². The van der Waals surface area contributed by atoms with Gasteiger partial charge < -0.3 is 9.47 Å². The molecule has 0 bridgehead atoms. The Hall–Kier alpha value is -4.44. The van der Waals surface area contributed by atoms with Crippen LogP contribution >= 0.6 is 0 Å². The Morgan fingerprint density at radius 2 is 1.19 bits per heavy atom. The van der Waals surface area contributed by atoms with Gasteiger partial charge in [0.1, 0.15) is 0 Å². The van der Waals surface area contributed by atoms with E-state index in [-0.39, 0.29) is 5.41 Å². The molecule has 174 valence electrons. The molecule has 0 aliphatic carbocycles. The fourth-order valence-corrected chi connectivity index (χ4v) is 5.95. The number of aromatic nitrogens is 3. The molecule has 6 aromatic rings. The normalized spacial score (nSPS) is 14.1. The highest BCUT2D eigenvalue weighted by Crippen LogP contribution is 2.51. The van der Waals surface area contributed by atoms with Gasteiger partial charge in [-0.05, 0) is 66.1 Å². The SMILES string of the molecule is Cc1cc(N2c3ccccc3C(C)(C)c3ccccc32)ccc1-n1c2ccncc2c2cnccc21. The van der Waals surface area contributed by atoms with E-state index in [9.17, 15) is 0 Å². The minimum Gasteiger partial charge on any atom is -0.310 e. The number of fused-ring (bicyclic) bond motifs is 5. The van der Waals surface area contributed by atoms with Crippen LogP contribution in [0.25, 0.3) is 27.5 Å². The number of rotatable bonds is 2. The summed E-state index contributed by atoms with van der Waals surface area (Å²) in [6.07, 6.45) is 7.59. The molecule has 1 aliphatic heterocycles. The second-order valence-electron chi connectivity index (χ2n) is 10.1. The Labute approximate surface area is 210 Å². The van der Waals surface area contributed by atoms with Crippen molar-refractivity contribution < 1.29 is 0 Å². The molecule has 0 atom stereocenters. The van der Waals surface area contributed by atoms with Crippen LogP contribution in [-0.4, -0.2) is 14.5 Å². The Kier molecular flexibility index (Phi) is 4.37. The first-order valence-corrected chi connectivity index (χ1v) is 12.3. The molecule has 0 saturated carbocycles. The number of hydrogen-bond acceptors (Lipinski definition) is 3. The Bertz CT molecular complexity index is 1690. The zero-order chi connectivity index (χ0) is 24.4. The summed E-state index contributed by atoms with van der Waals surface area (Å²) in [4.78, 5) is 11.2. The molecule has 0 spiro atoms. The van der Waals surface area contributed by atoms with Crippen molar-refractivity contribution in [3.8, 4) is 5.69 Å². The molecule has 4 heteroatoms. The number of nitrogens with zero attached hydrogens (tertiary/aromatic N) is 4. The first-order chi connectivity index (χ1) is 17.6. The smallest absolute Gasteiger partial charge is 0.0572 e. The standard InChI is InChI=1S/C32H26N4/c1-21-18-22(35-30-10-6-4-8-25(30)32(2,3)26-9-5-7-11-31(26)35)12-13-27(21)36-28-14-16-33-19-23(28)24-20-34-17-15-29(24)36/h4-20H,1-3H3. The molecule has 0 radical (unpaired) electrons. The maximum Gasteiger partial charge on any atom is 0.0572 e. The summed E-state index contributed by atoms with van der Waals surface area (Å²) in [6.45, 7) is 6.84. The molecule has 4 heterocycles. The highest BCUT2D eigenvalue weighted by Gasteiger charge is 2.36. The summed E-state index contributed by atoms with van der Waals surface area (Å²) in [5.41, 5.74) is 10.9. The van der Waals surface area contributed by atoms with Gasteiger partial charge >= 0.3 is 0 Å². The van der Waals surface area contributed by atoms with Crippen LogP contribution in [0.5, 0.6) is 0 Å². The molecule has 3 aromatic carbocycles. The van der Waals surface area contributed by atoms with Crippen LogP contribution in [0.2, 0.25) is 0 Å². The van der Waals surface area contributed by atoms with Crippen molar-refractivity contribution >= 4 is 38.9 Å². The quantitative estimate of drug-likeness (QED) is 0.259. The molecule has 0 fully saturated rings. The number of anilines is 3. The van der Waals surface area contributed by atoms with Crippen molar-refractivity contribution in [2.24, 2.45) is 0 Å². The van der Waals surface area contributed by atoms with E-state index in [1.807, 2.05) is 24.8 Å². The van der Waals surface area contributed by atoms with Gasteiger partial charge in [0, 0.05) is 52.3 Å². The number of aryl methyl sites for hydroxylation is 1. The van der Waals surface area contributed by atoms with Crippen molar-refractivity contribution in [3.63, 3.8) is 0 Å². The predicted molar refractivity (Wildman–Crippen MR) is 148 cm³/mol. The van der Waals surface area contributed by atoms with Gasteiger partial charge in [-0.15, -0.1) is 0 Å². The predicted octanol–water partition coefficient (Wildman–Crippen LogP) is 7.99. The van der Waals surface area contributed by atoms with Gasteiger partial charge in [-0.1, -0.05) is 50.2 Å². The average molecular weight is 467 g/mol. The summed E-state index contributed by atoms with van der Waals surface area (Å²) in [5.74, 6) is 0. The summed E-state index contributed by atoms with van der Waals surface area (Å²) < 4.78 is 2.33. The molecule has 0 saturated heterocycles. The summed E-state index contributed by atoms with van der Waals surface area (Å²) in [7, 11) is 0. The largest absolute Gasteiger partial charge is 0.310 e. The number of pyridine rings is 2. The average Bonchev–Trinajstić information content (AvgIpc) is 3.24. The molecule has 7 rings (SSSR count). The topological polar surface area (TPSA) is 34.0 Å². The molecular weight excluding hydrogens is 440 g/mol. The van der Waals surface area contributed by atoms with E-state index < -0.39 is 0 Å². The van der Waals surface area contributed by atoms with Crippen LogP contribution in [0.15, 0.2) is 104 Å². The molecular formula is C32H26N4. The first-order valence-electron chi connectivity index (χ1n) is 12.3. The lowest BCUT2D eigenvalue weighted by molar-refractivity contribution is 0.632. The summed E-state index contributed by atoms with van der Waals surface area (Å²) in [6, 6.07) is 28.5. The maximum atomic E-state index is 4.37. The van der Waals surface area contributed by atoms with Crippen LogP contribution in [0.1, 0.15) is 30.5 Å². The lowest BCUT2D eigenvalue weighted by Gasteiger charge is -2.42. The molecule has 0 N–H and O–H groups in total. The van der Waals surface area contributed by atoms with Gasteiger partial charge in [-0.25, -0.2) is 0 Å². The van der Waals surface area contributed by atoms with Crippen LogP contribution in [0.4, 0.5) is 17.1 Å². The van der Waals surface area contributed by atoms with Gasteiger partial charge in [-0.3, -0.25) is 9.97 Å². The van der Waals surface area contributed by atoms with Crippen molar-refractivity contribution in [3.05, 3.63) is 120 Å². The lowest BCUT2D eigenvalue weighted by Crippen LogP contribution is -2.30. The first kappa shape index (κ1) is 20.9. The zero-order valence-corrected chi connectivity index (χ0v) is 20.6. The Morgan fingerprint density at radius 3 is 1.75 bits per heavy atom. The van der Waals surface area contributed by atoms with Crippen LogP contribution in [-0.2, 0) is 5.41 Å². The zero-order valence-electron chi connectivity index (χ0n) is 20.6. The van der Waals surface area contributed by atoms with Crippen LogP contribution in [0.3, 0.4) is 0 Å². The van der Waals surface area contributed by atoms with E-state index in [4.69, 9.17) is 0 Å². The molecule has 1 aliphatic rings. The maximum absolute atomic E-state index is 4.37. The van der Waals surface area contributed by atoms with Crippen molar-refractivity contribution in [2.75, 3.05) is 4.90 Å². The van der Waals surface area contributed by atoms with Gasteiger partial charge in [-0.2, -0.15) is 0 Å². The fourth-order valence-electron chi connectivity index (χ4n) is 5.95. The highest BCUT2D eigenvalue weighted by atomic mass is 15.2. The second-order valence-corrected chi connectivity index (χ2v) is 10.1. The van der Waals surface area contributed by atoms with E-state index in [1.165, 1.54) is 28.1 Å². The van der Waals surface area contributed by atoms with E-state index in [1.54, 1.807) is 0 Å². The fraction of sp³-hybridized carbons (Fsp3) is 0.125. The second kappa shape index (κ2) is 7.53. The third-order valence-corrected chi connectivity index (χ3v) is 7.68. The van der Waals surface area contributed by atoms with E-state index in [0.717, 1.165) is 33.2 Å². The number of hydrogen-bond donors (Lipinski definition) is 0. The van der Waals surface area contributed by atoms with E-state index in [2.05, 4.69) is 119 Å². The summed E-state index contributed by atoms with van der Waals surface area (Å²) >= 11 is 0. The van der Waals surface area contributed by atoms with Crippen molar-refractivity contribution in [1.29, 1.82) is 0 Å². The van der Waals surface area contributed by atoms with Gasteiger partial charge in [0.2, 0.25) is 0 Å². The monoisotopic (exact) mass is 466 g/mol. The number of para-hydroxylation sites is 2. The van der Waals surface area contributed by atoms with E-state index >= 15 is 0 Å². The van der Waals surface area contributed by atoms with Gasteiger partial charge in [0.05, 0.1) is 22.4 Å². The minimum absolute atomic E-state index is 0.0658. The molecule has 4 nitrogen and oxygen atoms in total. The van der Waals surface area contributed by atoms with Gasteiger partial charge in [0.15, 0.2) is 0 Å². The minimum atomic E-state index is -0.0658. The Morgan fingerprint density at radius 1 is 0.639 bits per heavy atom. The van der Waals surface area contributed by atoms with E-state index in [0.29, 0.717) is 0 Å². The molecule has 36 heavy (non-hydrogen) atoms. The van der Waals surface area contributed by atoms with Gasteiger partial charge in [0.25, 0.3) is 0 Å². The summed E-state index contributed by atoms with van der Waals surface area (Å²) in [5, 5.41) is 2.23. The van der Waals surface area contributed by atoms with Crippen LogP contribution in [0, 0.1) is 6.92 Å². The van der Waals surface area contributed by atoms with Crippen molar-refractivity contribution in [2.45, 2.75) is 26.2 Å². The number of benzene rings is 3. The Balaban J connectivity index is 1.45. The third-order valence-electron chi connectivity index (χ3n) is 7.68. The van der Waals surface area contributed by atoms with Crippen molar-refractivity contribution in [1.82, 2.24) is 14.5 Å². The molecule has 3 aromatic heterocycles. The third kappa shape index (κ3) is 2.81. The lowest BCUT2D eigenvalue weighted by atomic mass is 9.73. The highest BCUT2D eigenvalue weighted by molar-refractivity contribution is 6.08. The molecule has 0 unspecified atom stereocenters. The molecule has 0 amide bonds.